The van der Waals surface area contributed by atoms with Crippen molar-refractivity contribution in [2.45, 2.75) is 18.6 Å². The summed E-state index contributed by atoms with van der Waals surface area (Å²) in [6.07, 6.45) is 1.57. The van der Waals surface area contributed by atoms with Gasteiger partial charge in [0.1, 0.15) is 4.91 Å². The van der Waals surface area contributed by atoms with Crippen molar-refractivity contribution in [3.05, 3.63) is 56.4 Å². The maximum atomic E-state index is 11.9. The second kappa shape index (κ2) is 8.71. The number of hydrogen-bond donors (Lipinski definition) is 1. The lowest BCUT2D eigenvalue weighted by molar-refractivity contribution is -0.131. The minimum Gasteiger partial charge on any atom is -0.477 e. The van der Waals surface area contributed by atoms with Crippen molar-refractivity contribution in [2.75, 3.05) is 6.79 Å². The number of aromatic nitrogens is 3. The molecule has 7 nitrogen and oxygen atoms in total. The van der Waals surface area contributed by atoms with Crippen LogP contribution in [0.3, 0.4) is 0 Å². The average Bonchev–Trinajstić information content (AvgIpc) is 3.34. The van der Waals surface area contributed by atoms with E-state index in [-0.39, 0.29) is 11.7 Å². The van der Waals surface area contributed by atoms with Gasteiger partial charge in [-0.05, 0) is 66.7 Å². The summed E-state index contributed by atoms with van der Waals surface area (Å²) in [4.78, 5) is 12.0. The lowest BCUT2D eigenvalue weighted by Gasteiger charge is -2.08. The van der Waals surface area contributed by atoms with Gasteiger partial charge in [-0.3, -0.25) is 0 Å². The summed E-state index contributed by atoms with van der Waals surface area (Å²) >= 11 is 10.5. The maximum absolute atomic E-state index is 11.9. The number of nitrogens with zero attached hydrogens (tertiary/aromatic N) is 3. The molecule has 154 valence electrons. The fraction of sp³-hybridized carbons (Fsp3) is 0.150. The van der Waals surface area contributed by atoms with Crippen LogP contribution in [-0.2, 0) is 11.3 Å². The Hall–Kier alpha value is -2.49. The number of aliphatic carboxylic acids is 1. The number of rotatable bonds is 6. The molecule has 10 heteroatoms. The Kier molecular flexibility index (Phi) is 6.03. The van der Waals surface area contributed by atoms with Crippen LogP contribution in [0.15, 0.2) is 50.9 Å². The van der Waals surface area contributed by atoms with Crippen molar-refractivity contribution >= 4 is 51.3 Å². The molecule has 0 saturated carbocycles. The topological polar surface area (TPSA) is 86.5 Å². The highest BCUT2D eigenvalue weighted by molar-refractivity contribution is 9.10. The Bertz CT molecular complexity index is 1150. The van der Waals surface area contributed by atoms with Gasteiger partial charge in [-0.1, -0.05) is 27.5 Å². The first-order chi connectivity index (χ1) is 14.5. The molecule has 4 rings (SSSR count). The highest BCUT2D eigenvalue weighted by Gasteiger charge is 2.20. The van der Waals surface area contributed by atoms with E-state index in [1.54, 1.807) is 30.3 Å². The van der Waals surface area contributed by atoms with E-state index in [1.807, 2.05) is 23.6 Å². The highest BCUT2D eigenvalue weighted by Crippen LogP contribution is 2.39. The van der Waals surface area contributed by atoms with E-state index < -0.39 is 5.97 Å². The van der Waals surface area contributed by atoms with Crippen LogP contribution in [0.1, 0.15) is 12.5 Å². The molecule has 0 spiro atoms. The van der Waals surface area contributed by atoms with Crippen molar-refractivity contribution < 1.29 is 19.4 Å². The molecule has 0 bridgehead atoms. The van der Waals surface area contributed by atoms with Crippen LogP contribution < -0.4 is 9.47 Å². The van der Waals surface area contributed by atoms with Crippen LogP contribution in [0.25, 0.3) is 17.5 Å². The van der Waals surface area contributed by atoms with Gasteiger partial charge in [0.15, 0.2) is 22.5 Å². The fourth-order valence-corrected chi connectivity index (χ4v) is 4.32. The smallest absolute Gasteiger partial charge is 0.342 e. The first-order valence-corrected chi connectivity index (χ1v) is 10.9. The molecule has 0 saturated heterocycles. The van der Waals surface area contributed by atoms with Crippen molar-refractivity contribution in [2.24, 2.45) is 0 Å². The number of fused-ring (bicyclic) bond motifs is 1. The van der Waals surface area contributed by atoms with Gasteiger partial charge >= 0.3 is 5.97 Å². The molecular weight excluding hydrogens is 494 g/mol. The van der Waals surface area contributed by atoms with Crippen LogP contribution in [-0.4, -0.2) is 32.6 Å². The molecule has 1 aliphatic heterocycles. The number of carboxylic acid groups (broad SMARTS) is 1. The SMILES string of the molecule is CCn1c(S/C(=C\c2cc3c(cc2Br)OCO3)C(=O)O)nnc1-c1ccc(Cl)cc1. The summed E-state index contributed by atoms with van der Waals surface area (Å²) in [6.45, 7) is 2.67. The number of halogens is 2. The number of hydrogen-bond acceptors (Lipinski definition) is 6. The van der Waals surface area contributed by atoms with Gasteiger partial charge in [0.25, 0.3) is 0 Å². The number of thioether (sulfide) groups is 1. The predicted octanol–water partition coefficient (Wildman–Crippen LogP) is 5.33. The first-order valence-electron chi connectivity index (χ1n) is 8.87. The van der Waals surface area contributed by atoms with Gasteiger partial charge in [-0.25, -0.2) is 4.79 Å². The standard InChI is InChI=1S/C20H15BrClN3O4S/c1-2-25-18(11-3-5-13(22)6-4-11)23-24-20(25)30-17(19(26)27)8-12-7-15-16(9-14(12)21)29-10-28-15/h3-9H,2,10H2,1H3,(H,26,27)/b17-8-. The van der Waals surface area contributed by atoms with Gasteiger partial charge in [-0.15, -0.1) is 10.2 Å². The van der Waals surface area contributed by atoms with Crippen LogP contribution in [0.4, 0.5) is 0 Å². The third-order valence-corrected chi connectivity index (χ3v) is 6.26. The Morgan fingerprint density at radius 3 is 2.63 bits per heavy atom. The maximum Gasteiger partial charge on any atom is 0.342 e. The molecule has 1 aliphatic rings. The lowest BCUT2D eigenvalue weighted by Crippen LogP contribution is -2.02. The highest BCUT2D eigenvalue weighted by atomic mass is 79.9. The normalized spacial score (nSPS) is 13.0. The lowest BCUT2D eigenvalue weighted by atomic mass is 10.2. The number of carbonyl (C=O) groups is 1. The largest absolute Gasteiger partial charge is 0.477 e. The van der Waals surface area contributed by atoms with Gasteiger partial charge in [-0.2, -0.15) is 0 Å². The summed E-state index contributed by atoms with van der Waals surface area (Å²) < 4.78 is 13.3. The van der Waals surface area contributed by atoms with E-state index in [2.05, 4.69) is 26.1 Å². The van der Waals surface area contributed by atoms with Crippen molar-refractivity contribution in [1.82, 2.24) is 14.8 Å². The molecule has 0 unspecified atom stereocenters. The van der Waals surface area contributed by atoms with E-state index >= 15 is 0 Å². The zero-order valence-electron chi connectivity index (χ0n) is 15.6. The van der Waals surface area contributed by atoms with Crippen LogP contribution in [0.5, 0.6) is 11.5 Å². The first kappa shape index (κ1) is 20.8. The molecule has 2 heterocycles. The second-order valence-corrected chi connectivity index (χ2v) is 8.50. The molecular formula is C20H15BrClN3O4S. The molecule has 0 amide bonds. The summed E-state index contributed by atoms with van der Waals surface area (Å²) in [7, 11) is 0. The third-order valence-electron chi connectivity index (χ3n) is 4.33. The summed E-state index contributed by atoms with van der Waals surface area (Å²) in [5.41, 5.74) is 1.50. The number of carboxylic acids is 1. The molecule has 0 aliphatic carbocycles. The summed E-state index contributed by atoms with van der Waals surface area (Å²) in [5, 5.41) is 19.3. The van der Waals surface area contributed by atoms with E-state index in [4.69, 9.17) is 21.1 Å². The number of ether oxygens (including phenoxy) is 2. The molecule has 2 aromatic carbocycles. The second-order valence-electron chi connectivity index (χ2n) is 6.20. The Morgan fingerprint density at radius 2 is 1.97 bits per heavy atom. The Labute approximate surface area is 189 Å². The molecule has 0 fully saturated rings. The van der Waals surface area contributed by atoms with Crippen molar-refractivity contribution in [3.8, 4) is 22.9 Å². The average molecular weight is 509 g/mol. The molecule has 1 aromatic heterocycles. The van der Waals surface area contributed by atoms with Gasteiger partial charge in [0, 0.05) is 21.6 Å². The molecule has 1 N–H and O–H groups in total. The Balaban J connectivity index is 1.68. The van der Waals surface area contributed by atoms with Crippen molar-refractivity contribution in [3.63, 3.8) is 0 Å². The molecule has 0 atom stereocenters. The minimum atomic E-state index is -1.07. The van der Waals surface area contributed by atoms with Crippen LogP contribution in [0.2, 0.25) is 5.02 Å². The monoisotopic (exact) mass is 507 g/mol. The predicted molar refractivity (Wildman–Crippen MR) is 118 cm³/mol. The third kappa shape index (κ3) is 4.19. The van der Waals surface area contributed by atoms with E-state index in [0.717, 1.165) is 17.3 Å². The summed E-state index contributed by atoms with van der Waals surface area (Å²) in [5.74, 6) is 0.761. The van der Waals surface area contributed by atoms with Gasteiger partial charge in [0.05, 0.1) is 0 Å². The molecule has 30 heavy (non-hydrogen) atoms. The van der Waals surface area contributed by atoms with Crippen LogP contribution in [0, 0.1) is 0 Å². The van der Waals surface area contributed by atoms with Crippen LogP contribution >= 0.6 is 39.3 Å². The van der Waals surface area contributed by atoms with E-state index in [1.165, 1.54) is 0 Å². The fourth-order valence-electron chi connectivity index (χ4n) is 2.88. The van der Waals surface area contributed by atoms with Gasteiger partial charge < -0.3 is 19.1 Å². The summed E-state index contributed by atoms with van der Waals surface area (Å²) in [6, 6.07) is 10.7. The zero-order chi connectivity index (χ0) is 21.3. The number of benzene rings is 2. The van der Waals surface area contributed by atoms with Crippen molar-refractivity contribution in [1.29, 1.82) is 0 Å². The Morgan fingerprint density at radius 1 is 1.27 bits per heavy atom. The van der Waals surface area contributed by atoms with E-state index in [0.29, 0.717) is 44.1 Å². The molecule has 0 radical (unpaired) electrons. The molecule has 3 aromatic rings. The minimum absolute atomic E-state index is 0.0966. The zero-order valence-corrected chi connectivity index (χ0v) is 18.8. The van der Waals surface area contributed by atoms with E-state index in [9.17, 15) is 9.90 Å². The quantitative estimate of drug-likeness (QED) is 0.356. The van der Waals surface area contributed by atoms with Gasteiger partial charge in [0.2, 0.25) is 6.79 Å².